The lowest BCUT2D eigenvalue weighted by Crippen LogP contribution is -2.20. The maximum Gasteiger partial charge on any atom is 0.221 e. The first kappa shape index (κ1) is 21.6. The number of aliphatic hydroxyl groups is 1. The van der Waals surface area contributed by atoms with Crippen LogP contribution in [0.1, 0.15) is 12.5 Å². The molecule has 1 amide bonds. The van der Waals surface area contributed by atoms with E-state index in [1.807, 2.05) is 25.1 Å². The van der Waals surface area contributed by atoms with Crippen LogP contribution < -0.4 is 14.8 Å². The van der Waals surface area contributed by atoms with Gasteiger partial charge in [0.25, 0.3) is 0 Å². The minimum atomic E-state index is -0.727. The van der Waals surface area contributed by atoms with Gasteiger partial charge in [-0.25, -0.2) is 0 Å². The largest absolute Gasteiger partial charge is 0.494 e. The summed E-state index contributed by atoms with van der Waals surface area (Å²) >= 11 is 1.32. The maximum absolute atomic E-state index is 11.0. The molecule has 1 heterocycles. The number of aliphatic hydroxyl groups excluding tert-OH is 1. The number of nitrogens with zero attached hydrogens (tertiary/aromatic N) is 4. The number of amides is 1. The first-order valence-corrected chi connectivity index (χ1v) is 10.2. The molecular formula is C20H23N5O4S. The Balaban J connectivity index is 1.56. The third kappa shape index (κ3) is 5.71. The zero-order valence-corrected chi connectivity index (χ0v) is 17.7. The van der Waals surface area contributed by atoms with Crippen molar-refractivity contribution in [1.82, 2.24) is 20.2 Å². The number of tetrazole rings is 1. The lowest BCUT2D eigenvalue weighted by atomic mass is 10.2. The van der Waals surface area contributed by atoms with Crippen molar-refractivity contribution in [2.24, 2.45) is 0 Å². The van der Waals surface area contributed by atoms with Gasteiger partial charge in [0.05, 0.1) is 13.2 Å². The van der Waals surface area contributed by atoms with Crippen LogP contribution in [0.25, 0.3) is 5.69 Å². The molecule has 10 heteroatoms. The van der Waals surface area contributed by atoms with E-state index in [-0.39, 0.29) is 12.5 Å². The highest BCUT2D eigenvalue weighted by molar-refractivity contribution is 7.99. The summed E-state index contributed by atoms with van der Waals surface area (Å²) < 4.78 is 12.6. The topological polar surface area (TPSA) is 111 Å². The van der Waals surface area contributed by atoms with E-state index in [0.717, 1.165) is 11.3 Å². The predicted molar refractivity (Wildman–Crippen MR) is 113 cm³/mol. The van der Waals surface area contributed by atoms with Crippen LogP contribution in [0.15, 0.2) is 47.6 Å². The third-order valence-electron chi connectivity index (χ3n) is 4.03. The molecule has 2 aromatic carbocycles. The minimum Gasteiger partial charge on any atom is -0.494 e. The standard InChI is InChI=1S/C20H23N5O4S/c1-13-4-9-19(28-3)18(10-13)25-20(22-23-24-25)30-12-16(27)11-29-17-7-5-15(6-8-17)21-14(2)26/h4-10,16,27H,11-12H2,1-3H3,(H,21,26). The Kier molecular flexibility index (Phi) is 7.26. The lowest BCUT2D eigenvalue weighted by Gasteiger charge is -2.13. The van der Waals surface area contributed by atoms with Gasteiger partial charge in [-0.2, -0.15) is 4.68 Å². The number of aryl methyl sites for hydroxylation is 1. The van der Waals surface area contributed by atoms with Gasteiger partial charge in [-0.05, 0) is 59.3 Å². The number of carbonyl (C=O) groups is 1. The zero-order chi connectivity index (χ0) is 21.5. The fourth-order valence-electron chi connectivity index (χ4n) is 2.63. The summed E-state index contributed by atoms with van der Waals surface area (Å²) in [5.74, 6) is 1.46. The van der Waals surface area contributed by atoms with Crippen molar-refractivity contribution in [3.63, 3.8) is 0 Å². The second-order valence-corrected chi connectivity index (χ2v) is 7.52. The van der Waals surface area contributed by atoms with Crippen LogP contribution in [0.3, 0.4) is 0 Å². The number of methoxy groups -OCH3 is 1. The summed E-state index contributed by atoms with van der Waals surface area (Å²) in [6, 6.07) is 12.7. The number of ether oxygens (including phenoxy) is 2. The second kappa shape index (κ2) is 10.1. The van der Waals surface area contributed by atoms with Crippen LogP contribution in [-0.2, 0) is 4.79 Å². The van der Waals surface area contributed by atoms with Crippen LogP contribution in [0.4, 0.5) is 5.69 Å². The molecule has 3 aromatic rings. The van der Waals surface area contributed by atoms with Gasteiger partial charge in [0.15, 0.2) is 0 Å². The van der Waals surface area contributed by atoms with Crippen molar-refractivity contribution in [3.05, 3.63) is 48.0 Å². The summed E-state index contributed by atoms with van der Waals surface area (Å²) in [4.78, 5) is 11.0. The van der Waals surface area contributed by atoms with E-state index in [4.69, 9.17) is 9.47 Å². The van der Waals surface area contributed by atoms with Gasteiger partial charge in [-0.3, -0.25) is 4.79 Å². The first-order chi connectivity index (χ1) is 14.5. The van der Waals surface area contributed by atoms with E-state index < -0.39 is 6.10 Å². The van der Waals surface area contributed by atoms with Crippen molar-refractivity contribution < 1.29 is 19.4 Å². The summed E-state index contributed by atoms with van der Waals surface area (Å²) in [6.45, 7) is 3.54. The fraction of sp³-hybridized carbons (Fsp3) is 0.300. The number of benzene rings is 2. The molecule has 30 heavy (non-hydrogen) atoms. The summed E-state index contributed by atoms with van der Waals surface area (Å²) in [7, 11) is 1.59. The van der Waals surface area contributed by atoms with Gasteiger partial charge >= 0.3 is 0 Å². The Hall–Kier alpha value is -3.11. The third-order valence-corrected chi connectivity index (χ3v) is 5.09. The molecule has 0 saturated carbocycles. The van der Waals surface area contributed by atoms with E-state index in [0.29, 0.717) is 28.1 Å². The smallest absolute Gasteiger partial charge is 0.221 e. The van der Waals surface area contributed by atoms with E-state index in [2.05, 4.69) is 20.8 Å². The zero-order valence-electron chi connectivity index (χ0n) is 16.9. The Morgan fingerprint density at radius 1 is 1.27 bits per heavy atom. The monoisotopic (exact) mass is 429 g/mol. The highest BCUT2D eigenvalue weighted by atomic mass is 32.2. The molecule has 9 nitrogen and oxygen atoms in total. The van der Waals surface area contributed by atoms with E-state index in [1.165, 1.54) is 18.7 Å². The number of hydrogen-bond acceptors (Lipinski definition) is 8. The van der Waals surface area contributed by atoms with Gasteiger partial charge in [0.1, 0.15) is 23.8 Å². The molecule has 0 spiro atoms. The quantitative estimate of drug-likeness (QED) is 0.499. The molecule has 0 aliphatic carbocycles. The fourth-order valence-corrected chi connectivity index (χ4v) is 3.42. The summed E-state index contributed by atoms with van der Waals surface area (Å²) in [5.41, 5.74) is 2.47. The van der Waals surface area contributed by atoms with E-state index in [1.54, 1.807) is 36.1 Å². The molecule has 158 valence electrons. The van der Waals surface area contributed by atoms with Gasteiger partial charge in [-0.1, -0.05) is 17.8 Å². The number of rotatable bonds is 9. The summed E-state index contributed by atoms with van der Waals surface area (Å²) in [5, 5.41) is 25.3. The minimum absolute atomic E-state index is 0.113. The van der Waals surface area contributed by atoms with Crippen LogP contribution in [0.5, 0.6) is 11.5 Å². The number of carbonyl (C=O) groups excluding carboxylic acids is 1. The molecule has 1 unspecified atom stereocenters. The average Bonchev–Trinajstić information content (AvgIpc) is 3.19. The molecule has 0 aliphatic heterocycles. The molecule has 1 atom stereocenters. The van der Waals surface area contributed by atoms with E-state index in [9.17, 15) is 9.90 Å². The van der Waals surface area contributed by atoms with Crippen LogP contribution in [-0.4, -0.2) is 56.8 Å². The van der Waals surface area contributed by atoms with Crippen molar-refractivity contribution in [2.45, 2.75) is 25.1 Å². The number of anilines is 1. The molecule has 0 radical (unpaired) electrons. The van der Waals surface area contributed by atoms with Crippen molar-refractivity contribution in [3.8, 4) is 17.2 Å². The molecule has 3 rings (SSSR count). The molecule has 0 bridgehead atoms. The molecular weight excluding hydrogens is 406 g/mol. The molecule has 0 saturated heterocycles. The normalized spacial score (nSPS) is 11.7. The van der Waals surface area contributed by atoms with Crippen LogP contribution >= 0.6 is 11.8 Å². The van der Waals surface area contributed by atoms with Gasteiger partial charge in [0, 0.05) is 18.4 Å². The number of thioether (sulfide) groups is 1. The van der Waals surface area contributed by atoms with Gasteiger partial charge in [-0.15, -0.1) is 5.10 Å². The Bertz CT molecular complexity index is 993. The van der Waals surface area contributed by atoms with Crippen LogP contribution in [0.2, 0.25) is 0 Å². The maximum atomic E-state index is 11.0. The van der Waals surface area contributed by atoms with Crippen molar-refractivity contribution >= 4 is 23.4 Å². The van der Waals surface area contributed by atoms with Crippen molar-refractivity contribution in [1.29, 1.82) is 0 Å². The number of aromatic nitrogens is 4. The second-order valence-electron chi connectivity index (χ2n) is 6.53. The van der Waals surface area contributed by atoms with Gasteiger partial charge in [0.2, 0.25) is 11.1 Å². The van der Waals surface area contributed by atoms with Gasteiger partial charge < -0.3 is 19.9 Å². The molecule has 1 aromatic heterocycles. The number of hydrogen-bond donors (Lipinski definition) is 2. The Morgan fingerprint density at radius 3 is 2.73 bits per heavy atom. The first-order valence-electron chi connectivity index (χ1n) is 9.21. The molecule has 0 fully saturated rings. The van der Waals surface area contributed by atoms with E-state index >= 15 is 0 Å². The van der Waals surface area contributed by atoms with Crippen LogP contribution in [0, 0.1) is 6.92 Å². The molecule has 0 aliphatic rings. The predicted octanol–water partition coefficient (Wildman–Crippen LogP) is 2.47. The number of nitrogens with one attached hydrogen (secondary N) is 1. The SMILES string of the molecule is COc1ccc(C)cc1-n1nnnc1SCC(O)COc1ccc(NC(C)=O)cc1. The highest BCUT2D eigenvalue weighted by Gasteiger charge is 2.16. The average molecular weight is 430 g/mol. The highest BCUT2D eigenvalue weighted by Crippen LogP contribution is 2.27. The Morgan fingerprint density at radius 2 is 2.03 bits per heavy atom. The summed E-state index contributed by atoms with van der Waals surface area (Å²) in [6.07, 6.45) is -0.727. The Labute approximate surface area is 178 Å². The lowest BCUT2D eigenvalue weighted by molar-refractivity contribution is -0.114. The molecule has 2 N–H and O–H groups in total. The van der Waals surface area contributed by atoms with Crippen molar-refractivity contribution in [2.75, 3.05) is 24.8 Å².